The summed E-state index contributed by atoms with van der Waals surface area (Å²) in [5.74, 6) is -0.635. The highest BCUT2D eigenvalue weighted by Gasteiger charge is 2.34. The third kappa shape index (κ3) is 7.52. The Labute approximate surface area is 166 Å². The van der Waals surface area contributed by atoms with Crippen molar-refractivity contribution in [3.63, 3.8) is 0 Å². The molecule has 1 aromatic carbocycles. The van der Waals surface area contributed by atoms with Crippen LogP contribution in [0, 0.1) is 11.8 Å². The van der Waals surface area contributed by atoms with E-state index in [1.165, 1.54) is 0 Å². The van der Waals surface area contributed by atoms with Crippen LogP contribution in [-0.4, -0.2) is 32.2 Å². The topological polar surface area (TPSA) is 59.6 Å². The molecule has 158 valence electrons. The van der Waals surface area contributed by atoms with E-state index in [9.17, 15) is 13.6 Å². The molecular formula is C21H32F2N2O3. The van der Waals surface area contributed by atoms with Crippen LogP contribution in [0.1, 0.15) is 52.4 Å². The monoisotopic (exact) mass is 398 g/mol. The van der Waals surface area contributed by atoms with Crippen LogP contribution in [0.25, 0.3) is 0 Å². The lowest BCUT2D eigenvalue weighted by Crippen LogP contribution is -2.36. The zero-order valence-electron chi connectivity index (χ0n) is 17.0. The number of carbonyl (C=O) groups excluding carboxylic acids is 1. The second kappa shape index (κ2) is 10.5. The predicted octanol–water partition coefficient (Wildman–Crippen LogP) is 5.46. The third-order valence-corrected chi connectivity index (χ3v) is 4.99. The van der Waals surface area contributed by atoms with Crippen LogP contribution < -0.4 is 20.1 Å². The molecule has 0 unspecified atom stereocenters. The number of hydrogen-bond donors (Lipinski definition) is 2. The number of anilines is 1. The summed E-state index contributed by atoms with van der Waals surface area (Å²) in [6, 6.07) is 4.86. The Morgan fingerprint density at radius 1 is 1.25 bits per heavy atom. The Morgan fingerprint density at radius 2 is 1.96 bits per heavy atom. The molecule has 0 heterocycles. The number of alkyl halides is 2. The average Bonchev–Trinajstić information content (AvgIpc) is 2.64. The number of nitrogens with one attached hydrogen (secondary N) is 2. The van der Waals surface area contributed by atoms with E-state index in [-0.39, 0.29) is 24.8 Å². The number of urea groups is 1. The Morgan fingerprint density at radius 3 is 2.61 bits per heavy atom. The van der Waals surface area contributed by atoms with Crippen LogP contribution in [-0.2, 0) is 0 Å². The van der Waals surface area contributed by atoms with Gasteiger partial charge in [0.05, 0.1) is 13.7 Å². The summed E-state index contributed by atoms with van der Waals surface area (Å²) in [5, 5.41) is 5.54. The molecule has 0 aromatic heterocycles. The van der Waals surface area contributed by atoms with Crippen LogP contribution >= 0.6 is 0 Å². The number of methoxy groups -OCH3 is 1. The van der Waals surface area contributed by atoms with Gasteiger partial charge in [0.1, 0.15) is 0 Å². The van der Waals surface area contributed by atoms with Crippen molar-refractivity contribution in [3.05, 3.63) is 18.2 Å². The maximum absolute atomic E-state index is 13.2. The molecule has 5 nitrogen and oxygen atoms in total. The van der Waals surface area contributed by atoms with Crippen molar-refractivity contribution in [1.29, 1.82) is 0 Å². The van der Waals surface area contributed by atoms with Gasteiger partial charge in [0, 0.05) is 31.1 Å². The van der Waals surface area contributed by atoms with Crippen LogP contribution in [0.4, 0.5) is 19.3 Å². The number of benzene rings is 1. The highest BCUT2D eigenvalue weighted by Crippen LogP contribution is 2.35. The summed E-state index contributed by atoms with van der Waals surface area (Å²) in [4.78, 5) is 12.1. The van der Waals surface area contributed by atoms with E-state index in [1.807, 2.05) is 0 Å². The van der Waals surface area contributed by atoms with Gasteiger partial charge in [-0.25, -0.2) is 13.6 Å². The lowest BCUT2D eigenvalue weighted by atomic mass is 9.87. The molecule has 0 aliphatic heterocycles. The smallest absolute Gasteiger partial charge is 0.319 e. The van der Waals surface area contributed by atoms with Crippen molar-refractivity contribution in [1.82, 2.24) is 5.32 Å². The first-order chi connectivity index (χ1) is 13.3. The summed E-state index contributed by atoms with van der Waals surface area (Å²) < 4.78 is 37.5. The number of amides is 2. The van der Waals surface area contributed by atoms with Gasteiger partial charge < -0.3 is 20.1 Å². The zero-order chi connectivity index (χ0) is 20.6. The first-order valence-corrected chi connectivity index (χ1v) is 10.0. The average molecular weight is 398 g/mol. The van der Waals surface area contributed by atoms with Gasteiger partial charge in [-0.15, -0.1) is 0 Å². The standard InChI is InChI=1S/C21H32F2N2O3/c1-15(2)5-4-12-28-19-13-17(6-7-18(19)27-3)25-20(26)24-14-16-8-10-21(22,23)11-9-16/h6-7,13,15-16H,4-5,8-12,14H2,1-3H3,(H2,24,25,26). The molecule has 1 saturated carbocycles. The Hall–Kier alpha value is -2.05. The highest BCUT2D eigenvalue weighted by molar-refractivity contribution is 5.89. The van der Waals surface area contributed by atoms with E-state index in [0.29, 0.717) is 49.1 Å². The first kappa shape index (κ1) is 22.2. The Bertz CT molecular complexity index is 628. The number of halogens is 2. The minimum absolute atomic E-state index is 0.0982. The molecule has 1 aliphatic rings. The van der Waals surface area contributed by atoms with Gasteiger partial charge >= 0.3 is 6.03 Å². The number of ether oxygens (including phenoxy) is 2. The van der Waals surface area contributed by atoms with E-state index in [4.69, 9.17) is 9.47 Å². The molecule has 0 saturated heterocycles. The summed E-state index contributed by atoms with van der Waals surface area (Å²) in [5.41, 5.74) is 0.590. The van der Waals surface area contributed by atoms with Gasteiger partial charge in [-0.1, -0.05) is 13.8 Å². The van der Waals surface area contributed by atoms with E-state index in [1.54, 1.807) is 25.3 Å². The summed E-state index contributed by atoms with van der Waals surface area (Å²) in [7, 11) is 1.57. The van der Waals surface area contributed by atoms with Crippen molar-refractivity contribution in [3.8, 4) is 11.5 Å². The van der Waals surface area contributed by atoms with Crippen molar-refractivity contribution in [2.45, 2.75) is 58.3 Å². The van der Waals surface area contributed by atoms with E-state index >= 15 is 0 Å². The first-order valence-electron chi connectivity index (χ1n) is 10.0. The van der Waals surface area contributed by atoms with Gasteiger partial charge in [0.15, 0.2) is 11.5 Å². The van der Waals surface area contributed by atoms with E-state index in [2.05, 4.69) is 24.5 Å². The number of carbonyl (C=O) groups is 1. The highest BCUT2D eigenvalue weighted by atomic mass is 19.3. The zero-order valence-corrected chi connectivity index (χ0v) is 17.0. The molecule has 2 N–H and O–H groups in total. The number of rotatable bonds is 9. The molecule has 7 heteroatoms. The normalized spacial score (nSPS) is 16.6. The summed E-state index contributed by atoms with van der Waals surface area (Å²) in [6.45, 7) is 5.32. The second-order valence-corrected chi connectivity index (χ2v) is 7.88. The van der Waals surface area contributed by atoms with Crippen LogP contribution in [0.3, 0.4) is 0 Å². The molecule has 1 fully saturated rings. The molecular weight excluding hydrogens is 366 g/mol. The van der Waals surface area contributed by atoms with Crippen LogP contribution in [0.2, 0.25) is 0 Å². The lowest BCUT2D eigenvalue weighted by Gasteiger charge is -2.28. The van der Waals surface area contributed by atoms with Gasteiger partial charge in [0.2, 0.25) is 5.92 Å². The van der Waals surface area contributed by atoms with Crippen LogP contribution in [0.5, 0.6) is 11.5 Å². The second-order valence-electron chi connectivity index (χ2n) is 7.88. The maximum atomic E-state index is 13.2. The van der Waals surface area contributed by atoms with Gasteiger partial charge in [0.25, 0.3) is 0 Å². The fourth-order valence-corrected chi connectivity index (χ4v) is 3.26. The molecule has 0 bridgehead atoms. The number of hydrogen-bond acceptors (Lipinski definition) is 3. The SMILES string of the molecule is COc1ccc(NC(=O)NCC2CCC(F)(F)CC2)cc1OCCCC(C)C. The predicted molar refractivity (Wildman–Crippen MR) is 106 cm³/mol. The fraction of sp³-hybridized carbons (Fsp3) is 0.667. The molecule has 2 amide bonds. The third-order valence-electron chi connectivity index (χ3n) is 4.99. The summed E-state index contributed by atoms with van der Waals surface area (Å²) >= 11 is 0. The van der Waals surface area contributed by atoms with Crippen molar-refractivity contribution >= 4 is 11.7 Å². The van der Waals surface area contributed by atoms with E-state index in [0.717, 1.165) is 12.8 Å². The Balaban J connectivity index is 1.81. The quantitative estimate of drug-likeness (QED) is 0.543. The minimum atomic E-state index is -2.55. The van der Waals surface area contributed by atoms with Crippen molar-refractivity contribution < 1.29 is 23.0 Å². The maximum Gasteiger partial charge on any atom is 0.319 e. The summed E-state index contributed by atoms with van der Waals surface area (Å²) in [6.07, 6.45) is 2.69. The largest absolute Gasteiger partial charge is 0.493 e. The fourth-order valence-electron chi connectivity index (χ4n) is 3.26. The van der Waals surface area contributed by atoms with E-state index < -0.39 is 5.92 Å². The molecule has 1 aromatic rings. The van der Waals surface area contributed by atoms with Gasteiger partial charge in [-0.2, -0.15) is 0 Å². The molecule has 0 atom stereocenters. The van der Waals surface area contributed by atoms with Crippen molar-refractivity contribution in [2.24, 2.45) is 11.8 Å². The Kier molecular flexibility index (Phi) is 8.33. The van der Waals surface area contributed by atoms with Gasteiger partial charge in [-0.05, 0) is 49.7 Å². The molecule has 28 heavy (non-hydrogen) atoms. The molecule has 1 aliphatic carbocycles. The minimum Gasteiger partial charge on any atom is -0.493 e. The van der Waals surface area contributed by atoms with Crippen LogP contribution in [0.15, 0.2) is 18.2 Å². The molecule has 2 rings (SSSR count). The lowest BCUT2D eigenvalue weighted by molar-refractivity contribution is -0.0451. The molecule has 0 radical (unpaired) electrons. The molecule has 0 spiro atoms. The van der Waals surface area contributed by atoms with Gasteiger partial charge in [-0.3, -0.25) is 0 Å². The van der Waals surface area contributed by atoms with Crippen molar-refractivity contribution in [2.75, 3.05) is 25.6 Å².